The highest BCUT2D eigenvalue weighted by molar-refractivity contribution is 6.00. The molecule has 36 heavy (non-hydrogen) atoms. The molecule has 0 bridgehead atoms. The number of imidazole rings is 1. The SMILES string of the molecule is Cc1ccc2c(c1)-c1[nH]c(N3CCOCC3)nc1CCN2C(=O)C1CCN(c2cnccc2C)CC1. The number of anilines is 3. The Morgan fingerprint density at radius 1 is 1.00 bits per heavy atom. The van der Waals surface area contributed by atoms with Crippen molar-refractivity contribution in [3.8, 4) is 11.3 Å². The van der Waals surface area contributed by atoms with E-state index in [0.717, 1.165) is 87.2 Å². The Kier molecular flexibility index (Phi) is 6.13. The highest BCUT2D eigenvalue weighted by Crippen LogP contribution is 2.38. The molecule has 1 N–H and O–H groups in total. The number of aromatic amines is 1. The number of pyridine rings is 1. The van der Waals surface area contributed by atoms with Gasteiger partial charge in [0.2, 0.25) is 11.9 Å². The number of ether oxygens (including phenoxy) is 1. The molecule has 3 aliphatic rings. The van der Waals surface area contributed by atoms with Gasteiger partial charge in [0.05, 0.1) is 42.2 Å². The van der Waals surface area contributed by atoms with Gasteiger partial charge in [0.1, 0.15) is 0 Å². The van der Waals surface area contributed by atoms with Gasteiger partial charge >= 0.3 is 0 Å². The van der Waals surface area contributed by atoms with E-state index >= 15 is 0 Å². The number of rotatable bonds is 3. The molecule has 2 fully saturated rings. The highest BCUT2D eigenvalue weighted by atomic mass is 16.5. The van der Waals surface area contributed by atoms with Gasteiger partial charge in [-0.05, 0) is 50.5 Å². The van der Waals surface area contributed by atoms with Crippen LogP contribution in [0.3, 0.4) is 0 Å². The maximum absolute atomic E-state index is 13.9. The molecule has 5 heterocycles. The predicted octanol–water partition coefficient (Wildman–Crippen LogP) is 3.73. The fraction of sp³-hybridized carbons (Fsp3) is 0.464. The summed E-state index contributed by atoms with van der Waals surface area (Å²) < 4.78 is 5.52. The summed E-state index contributed by atoms with van der Waals surface area (Å²) in [4.78, 5) is 33.4. The average molecular weight is 487 g/mol. The minimum absolute atomic E-state index is 0.0284. The Balaban J connectivity index is 1.24. The minimum Gasteiger partial charge on any atom is -0.378 e. The molecular formula is C28H34N6O2. The molecule has 6 rings (SSSR count). The van der Waals surface area contributed by atoms with Gasteiger partial charge in [0.25, 0.3) is 0 Å². The second kappa shape index (κ2) is 9.58. The van der Waals surface area contributed by atoms with Crippen LogP contribution in [0.5, 0.6) is 0 Å². The topological polar surface area (TPSA) is 77.6 Å². The molecule has 3 aromatic rings. The monoisotopic (exact) mass is 486 g/mol. The summed E-state index contributed by atoms with van der Waals surface area (Å²) >= 11 is 0. The van der Waals surface area contributed by atoms with Crippen molar-refractivity contribution < 1.29 is 9.53 Å². The lowest BCUT2D eigenvalue weighted by molar-refractivity contribution is -0.123. The van der Waals surface area contributed by atoms with Crippen LogP contribution in [0, 0.1) is 19.8 Å². The van der Waals surface area contributed by atoms with E-state index in [-0.39, 0.29) is 11.8 Å². The number of fused-ring (bicyclic) bond motifs is 3. The Morgan fingerprint density at radius 2 is 1.81 bits per heavy atom. The van der Waals surface area contributed by atoms with Gasteiger partial charge in [-0.25, -0.2) is 4.98 Å². The molecule has 3 aliphatic heterocycles. The number of hydrogen-bond acceptors (Lipinski definition) is 6. The Labute approximate surface area is 212 Å². The number of carbonyl (C=O) groups excluding carboxylic acids is 1. The lowest BCUT2D eigenvalue weighted by Gasteiger charge is -2.36. The van der Waals surface area contributed by atoms with Crippen LogP contribution in [-0.4, -0.2) is 66.8 Å². The first-order valence-corrected chi connectivity index (χ1v) is 13.1. The summed E-state index contributed by atoms with van der Waals surface area (Å²) in [5.74, 6) is 1.18. The van der Waals surface area contributed by atoms with Crippen molar-refractivity contribution in [1.82, 2.24) is 15.0 Å². The van der Waals surface area contributed by atoms with Gasteiger partial charge in [0, 0.05) is 56.8 Å². The lowest BCUT2D eigenvalue weighted by atomic mass is 9.94. The number of aryl methyl sites for hydroxylation is 2. The highest BCUT2D eigenvalue weighted by Gasteiger charge is 2.33. The molecular weight excluding hydrogens is 452 g/mol. The quantitative estimate of drug-likeness (QED) is 0.608. The van der Waals surface area contributed by atoms with E-state index in [2.05, 4.69) is 57.9 Å². The van der Waals surface area contributed by atoms with Gasteiger partial charge in [-0.15, -0.1) is 0 Å². The number of nitrogens with zero attached hydrogens (tertiary/aromatic N) is 5. The number of hydrogen-bond donors (Lipinski definition) is 1. The van der Waals surface area contributed by atoms with E-state index in [9.17, 15) is 4.79 Å². The van der Waals surface area contributed by atoms with Crippen molar-refractivity contribution in [3.05, 3.63) is 53.5 Å². The smallest absolute Gasteiger partial charge is 0.230 e. The predicted molar refractivity (Wildman–Crippen MR) is 142 cm³/mol. The largest absolute Gasteiger partial charge is 0.378 e. The average Bonchev–Trinajstić information content (AvgIpc) is 3.28. The van der Waals surface area contributed by atoms with Crippen molar-refractivity contribution in [2.24, 2.45) is 5.92 Å². The van der Waals surface area contributed by atoms with Crippen molar-refractivity contribution in [2.45, 2.75) is 33.1 Å². The molecule has 0 radical (unpaired) electrons. The maximum atomic E-state index is 13.9. The van der Waals surface area contributed by atoms with Gasteiger partial charge in [-0.3, -0.25) is 9.78 Å². The van der Waals surface area contributed by atoms with Crippen LogP contribution in [0.25, 0.3) is 11.3 Å². The van der Waals surface area contributed by atoms with Crippen LogP contribution >= 0.6 is 0 Å². The second-order valence-electron chi connectivity index (χ2n) is 10.2. The van der Waals surface area contributed by atoms with Crippen molar-refractivity contribution in [3.63, 3.8) is 0 Å². The summed E-state index contributed by atoms with van der Waals surface area (Å²) in [5, 5.41) is 0. The first-order chi connectivity index (χ1) is 17.6. The Morgan fingerprint density at radius 3 is 2.58 bits per heavy atom. The number of nitrogens with one attached hydrogen (secondary N) is 1. The Hall–Kier alpha value is -3.39. The second-order valence-corrected chi connectivity index (χ2v) is 10.2. The standard InChI is InChI=1S/C28H34N6O2/c1-19-3-4-24-22(17-19)26-23(30-28(31-26)33-13-15-36-16-14-33)8-12-34(24)27(35)21-6-10-32(11-7-21)25-18-29-9-5-20(25)2/h3-5,9,17-18,21H,6-8,10-16H2,1-2H3,(H,30,31). The molecule has 1 aromatic carbocycles. The molecule has 188 valence electrons. The summed E-state index contributed by atoms with van der Waals surface area (Å²) in [6.45, 7) is 9.76. The first-order valence-electron chi connectivity index (χ1n) is 13.1. The van der Waals surface area contributed by atoms with Crippen LogP contribution in [0.15, 0.2) is 36.7 Å². The number of aromatic nitrogens is 3. The molecule has 8 nitrogen and oxygen atoms in total. The van der Waals surface area contributed by atoms with E-state index in [1.165, 1.54) is 16.8 Å². The summed E-state index contributed by atoms with van der Waals surface area (Å²) in [5.41, 5.74) is 7.75. The maximum Gasteiger partial charge on any atom is 0.230 e. The van der Waals surface area contributed by atoms with Crippen LogP contribution in [0.4, 0.5) is 17.3 Å². The molecule has 0 unspecified atom stereocenters. The molecule has 0 saturated carbocycles. The summed E-state index contributed by atoms with van der Waals surface area (Å²) in [6.07, 6.45) is 6.23. The number of carbonyl (C=O) groups is 1. The number of H-pyrrole nitrogens is 1. The zero-order valence-electron chi connectivity index (χ0n) is 21.2. The minimum atomic E-state index is 0.0284. The fourth-order valence-corrected chi connectivity index (χ4v) is 5.75. The number of piperidine rings is 1. The van der Waals surface area contributed by atoms with E-state index in [1.807, 2.05) is 17.3 Å². The van der Waals surface area contributed by atoms with E-state index in [1.54, 1.807) is 0 Å². The number of benzene rings is 1. The normalized spacial score (nSPS) is 18.6. The first kappa shape index (κ1) is 23.0. The molecule has 1 amide bonds. The van der Waals surface area contributed by atoms with Gasteiger partial charge in [0.15, 0.2) is 0 Å². The van der Waals surface area contributed by atoms with Crippen molar-refractivity contribution in [1.29, 1.82) is 0 Å². The van der Waals surface area contributed by atoms with Crippen LogP contribution in [0.1, 0.15) is 29.7 Å². The van der Waals surface area contributed by atoms with Gasteiger partial charge < -0.3 is 24.4 Å². The molecule has 0 atom stereocenters. The molecule has 0 aliphatic carbocycles. The third-order valence-corrected chi connectivity index (χ3v) is 7.82. The van der Waals surface area contributed by atoms with Crippen LogP contribution in [-0.2, 0) is 16.0 Å². The molecule has 2 aromatic heterocycles. The molecule has 2 saturated heterocycles. The fourth-order valence-electron chi connectivity index (χ4n) is 5.75. The third kappa shape index (κ3) is 4.23. The Bertz CT molecular complexity index is 1260. The zero-order chi connectivity index (χ0) is 24.6. The number of amides is 1. The number of morpholine rings is 1. The lowest BCUT2D eigenvalue weighted by Crippen LogP contribution is -2.43. The summed E-state index contributed by atoms with van der Waals surface area (Å²) in [6, 6.07) is 8.46. The van der Waals surface area contributed by atoms with E-state index in [0.29, 0.717) is 6.54 Å². The van der Waals surface area contributed by atoms with E-state index < -0.39 is 0 Å². The molecule has 0 spiro atoms. The zero-order valence-corrected chi connectivity index (χ0v) is 21.2. The van der Waals surface area contributed by atoms with Crippen LogP contribution in [0.2, 0.25) is 0 Å². The third-order valence-electron chi connectivity index (χ3n) is 7.82. The molecule has 8 heteroatoms. The van der Waals surface area contributed by atoms with Gasteiger partial charge in [-0.2, -0.15) is 0 Å². The van der Waals surface area contributed by atoms with Crippen molar-refractivity contribution >= 4 is 23.2 Å². The van der Waals surface area contributed by atoms with Crippen molar-refractivity contribution in [2.75, 3.05) is 60.6 Å². The van der Waals surface area contributed by atoms with E-state index in [4.69, 9.17) is 9.72 Å². The summed E-state index contributed by atoms with van der Waals surface area (Å²) in [7, 11) is 0. The van der Waals surface area contributed by atoms with Crippen LogP contribution < -0.4 is 14.7 Å². The van der Waals surface area contributed by atoms with Gasteiger partial charge in [-0.1, -0.05) is 11.6 Å².